The fourth-order valence-corrected chi connectivity index (χ4v) is 2.20. The third kappa shape index (κ3) is 2.28. The maximum Gasteiger partial charge on any atom is 0.231 e. The predicted molar refractivity (Wildman–Crippen MR) is 73.1 cm³/mol. The maximum absolute atomic E-state index is 11.7. The summed E-state index contributed by atoms with van der Waals surface area (Å²) in [6, 6.07) is 3.46. The number of hydrogen-bond acceptors (Lipinski definition) is 3. The van der Waals surface area contributed by atoms with Crippen molar-refractivity contribution in [1.82, 2.24) is 0 Å². The Bertz CT molecular complexity index is 469. The van der Waals surface area contributed by atoms with Gasteiger partial charge in [0.05, 0.1) is 11.6 Å². The number of anilines is 2. The van der Waals surface area contributed by atoms with Crippen LogP contribution in [0.1, 0.15) is 38.7 Å². The van der Waals surface area contributed by atoms with E-state index in [0.717, 1.165) is 24.2 Å². The highest BCUT2D eigenvalue weighted by Crippen LogP contribution is 2.43. The molecule has 4 heteroatoms. The molecule has 98 valence electrons. The molecule has 0 radical (unpaired) electrons. The first kappa shape index (κ1) is 12.7. The highest BCUT2D eigenvalue weighted by molar-refractivity contribution is 6.06. The summed E-state index contributed by atoms with van der Waals surface area (Å²) < 4.78 is 0. The molecule has 0 saturated heterocycles. The predicted octanol–water partition coefficient (Wildman–Crippen LogP) is 2.91. The smallest absolute Gasteiger partial charge is 0.231 e. The average Bonchev–Trinajstić information content (AvgIpc) is 2.60. The van der Waals surface area contributed by atoms with Crippen LogP contribution in [0.25, 0.3) is 0 Å². The lowest BCUT2D eigenvalue weighted by Crippen LogP contribution is -2.10. The van der Waals surface area contributed by atoms with Crippen LogP contribution in [0.5, 0.6) is 5.75 Å². The van der Waals surface area contributed by atoms with Crippen molar-refractivity contribution in [2.75, 3.05) is 17.2 Å². The molecule has 1 aliphatic rings. The number of amides is 1. The molecule has 1 atom stereocenters. The van der Waals surface area contributed by atoms with E-state index in [4.69, 9.17) is 0 Å². The van der Waals surface area contributed by atoms with Gasteiger partial charge < -0.3 is 15.7 Å². The number of phenolic OH excluding ortho intramolecular Hbond substituents is 1. The van der Waals surface area contributed by atoms with Gasteiger partial charge in [0.25, 0.3) is 0 Å². The van der Waals surface area contributed by atoms with Crippen molar-refractivity contribution in [1.29, 1.82) is 0 Å². The molecule has 18 heavy (non-hydrogen) atoms. The highest BCUT2D eigenvalue weighted by atomic mass is 16.3. The summed E-state index contributed by atoms with van der Waals surface area (Å²) in [6.45, 7) is 7.08. The van der Waals surface area contributed by atoms with Crippen LogP contribution in [0.15, 0.2) is 12.1 Å². The van der Waals surface area contributed by atoms with E-state index in [0.29, 0.717) is 11.6 Å². The number of benzene rings is 1. The molecule has 0 spiro atoms. The van der Waals surface area contributed by atoms with E-state index in [1.54, 1.807) is 6.07 Å². The average molecular weight is 248 g/mol. The molecule has 1 aliphatic heterocycles. The van der Waals surface area contributed by atoms with Crippen LogP contribution in [-0.4, -0.2) is 17.6 Å². The maximum atomic E-state index is 11.7. The van der Waals surface area contributed by atoms with Crippen molar-refractivity contribution >= 4 is 17.3 Å². The van der Waals surface area contributed by atoms with Crippen LogP contribution in [0.2, 0.25) is 0 Å². The van der Waals surface area contributed by atoms with Crippen molar-refractivity contribution in [2.24, 2.45) is 5.92 Å². The number of hydrogen-bond donors (Lipinski definition) is 3. The zero-order valence-corrected chi connectivity index (χ0v) is 11.1. The van der Waals surface area contributed by atoms with Crippen LogP contribution in [-0.2, 0) is 4.79 Å². The second kappa shape index (κ2) is 4.88. The van der Waals surface area contributed by atoms with Gasteiger partial charge in [0.2, 0.25) is 5.91 Å². The number of phenols is 1. The van der Waals surface area contributed by atoms with E-state index in [-0.39, 0.29) is 17.6 Å². The van der Waals surface area contributed by atoms with E-state index in [2.05, 4.69) is 24.5 Å². The number of aromatic hydroxyl groups is 1. The van der Waals surface area contributed by atoms with Gasteiger partial charge in [-0.2, -0.15) is 0 Å². The molecule has 1 heterocycles. The summed E-state index contributed by atoms with van der Waals surface area (Å²) in [7, 11) is 0. The third-order valence-electron chi connectivity index (χ3n) is 3.34. The molecule has 0 fully saturated rings. The van der Waals surface area contributed by atoms with Crippen LogP contribution in [0, 0.1) is 5.92 Å². The standard InChI is InChI=1S/C14H20N2O2/c1-8(2)6-7-15-10-4-5-11(17)13-12(10)9(3)14(18)16-13/h4-5,8-9,15,17H,6-7H2,1-3H3,(H,16,18). The van der Waals surface area contributed by atoms with Gasteiger partial charge in [-0.15, -0.1) is 0 Å². The van der Waals surface area contributed by atoms with Crippen molar-refractivity contribution in [3.05, 3.63) is 17.7 Å². The summed E-state index contributed by atoms with van der Waals surface area (Å²) in [4.78, 5) is 11.7. The summed E-state index contributed by atoms with van der Waals surface area (Å²) >= 11 is 0. The van der Waals surface area contributed by atoms with E-state index in [9.17, 15) is 9.90 Å². The van der Waals surface area contributed by atoms with Crippen molar-refractivity contribution in [3.63, 3.8) is 0 Å². The summed E-state index contributed by atoms with van der Waals surface area (Å²) in [5.74, 6) is 0.504. The topological polar surface area (TPSA) is 61.4 Å². The van der Waals surface area contributed by atoms with Gasteiger partial charge in [-0.25, -0.2) is 0 Å². The van der Waals surface area contributed by atoms with Crippen LogP contribution in [0.3, 0.4) is 0 Å². The Morgan fingerprint density at radius 2 is 2.17 bits per heavy atom. The third-order valence-corrected chi connectivity index (χ3v) is 3.34. The molecule has 2 rings (SSSR count). The molecule has 1 aromatic rings. The van der Waals surface area contributed by atoms with E-state index < -0.39 is 0 Å². The van der Waals surface area contributed by atoms with Gasteiger partial charge in [-0.05, 0) is 31.4 Å². The van der Waals surface area contributed by atoms with Gasteiger partial charge in [0.15, 0.2) is 0 Å². The quantitative estimate of drug-likeness (QED) is 0.567. The summed E-state index contributed by atoms with van der Waals surface area (Å²) in [6.07, 6.45) is 1.07. The molecule has 0 saturated carbocycles. The highest BCUT2D eigenvalue weighted by Gasteiger charge is 2.31. The van der Waals surface area contributed by atoms with Crippen molar-refractivity contribution in [3.8, 4) is 5.75 Å². The Labute approximate surface area is 107 Å². The van der Waals surface area contributed by atoms with Gasteiger partial charge in [0, 0.05) is 17.8 Å². The van der Waals surface area contributed by atoms with Gasteiger partial charge in [-0.3, -0.25) is 4.79 Å². The van der Waals surface area contributed by atoms with Crippen molar-refractivity contribution in [2.45, 2.75) is 33.1 Å². The first-order valence-corrected chi connectivity index (χ1v) is 6.41. The minimum atomic E-state index is -0.214. The first-order chi connectivity index (χ1) is 8.50. The lowest BCUT2D eigenvalue weighted by atomic mass is 10.00. The minimum absolute atomic E-state index is 0.0570. The zero-order chi connectivity index (χ0) is 13.3. The van der Waals surface area contributed by atoms with Crippen LogP contribution < -0.4 is 10.6 Å². The summed E-state index contributed by atoms with van der Waals surface area (Å²) in [5.41, 5.74) is 2.38. The van der Waals surface area contributed by atoms with E-state index >= 15 is 0 Å². The molecule has 1 aromatic carbocycles. The number of nitrogens with one attached hydrogen (secondary N) is 2. The van der Waals surface area contributed by atoms with Gasteiger partial charge >= 0.3 is 0 Å². The second-order valence-corrected chi connectivity index (χ2v) is 5.24. The zero-order valence-electron chi connectivity index (χ0n) is 11.1. The van der Waals surface area contributed by atoms with Gasteiger partial charge in [0.1, 0.15) is 5.75 Å². The SMILES string of the molecule is CC(C)CCNc1ccc(O)c2c1C(C)C(=O)N2. The van der Waals surface area contributed by atoms with Gasteiger partial charge in [-0.1, -0.05) is 13.8 Å². The Morgan fingerprint density at radius 3 is 2.83 bits per heavy atom. The van der Waals surface area contributed by atoms with Crippen LogP contribution >= 0.6 is 0 Å². The first-order valence-electron chi connectivity index (χ1n) is 6.41. The Balaban J connectivity index is 2.23. The van der Waals surface area contributed by atoms with E-state index in [1.165, 1.54) is 0 Å². The number of fused-ring (bicyclic) bond motifs is 1. The monoisotopic (exact) mass is 248 g/mol. The molecule has 0 bridgehead atoms. The minimum Gasteiger partial charge on any atom is -0.506 e. The molecule has 1 amide bonds. The largest absolute Gasteiger partial charge is 0.506 e. The Hall–Kier alpha value is -1.71. The molecule has 4 nitrogen and oxygen atoms in total. The van der Waals surface area contributed by atoms with Crippen molar-refractivity contribution < 1.29 is 9.90 Å². The lowest BCUT2D eigenvalue weighted by Gasteiger charge is -2.14. The fourth-order valence-electron chi connectivity index (χ4n) is 2.20. The van der Waals surface area contributed by atoms with Crippen LogP contribution in [0.4, 0.5) is 11.4 Å². The molecule has 0 aliphatic carbocycles. The molecular weight excluding hydrogens is 228 g/mol. The normalized spacial score (nSPS) is 17.8. The van der Waals surface area contributed by atoms with E-state index in [1.807, 2.05) is 13.0 Å². The fraction of sp³-hybridized carbons (Fsp3) is 0.500. The molecule has 3 N–H and O–H groups in total. The molecule has 0 aromatic heterocycles. The Kier molecular flexibility index (Phi) is 3.45. The number of rotatable bonds is 4. The number of carbonyl (C=O) groups is 1. The number of carbonyl (C=O) groups excluding carboxylic acids is 1. The Morgan fingerprint density at radius 1 is 1.44 bits per heavy atom. The molecule has 1 unspecified atom stereocenters. The molecular formula is C14H20N2O2. The summed E-state index contributed by atoms with van der Waals surface area (Å²) in [5, 5.41) is 15.8. The second-order valence-electron chi connectivity index (χ2n) is 5.24. The lowest BCUT2D eigenvalue weighted by molar-refractivity contribution is -0.116.